The molecular formula is C16H18N2O3S2. The van der Waals surface area contributed by atoms with Gasteiger partial charge in [0.2, 0.25) is 15.9 Å². The summed E-state index contributed by atoms with van der Waals surface area (Å²) in [4.78, 5) is 12.3. The van der Waals surface area contributed by atoms with Crippen LogP contribution in [0.15, 0.2) is 46.7 Å². The fraction of sp³-hybridized carbons (Fsp3) is 0.312. The van der Waals surface area contributed by atoms with Crippen molar-refractivity contribution < 1.29 is 13.2 Å². The number of carbonyl (C=O) groups is 1. The van der Waals surface area contributed by atoms with E-state index in [1.54, 1.807) is 23.5 Å². The number of thiophene rings is 1. The van der Waals surface area contributed by atoms with Crippen LogP contribution in [0.5, 0.6) is 0 Å². The van der Waals surface area contributed by atoms with Gasteiger partial charge in [-0.3, -0.25) is 4.79 Å². The maximum Gasteiger partial charge on any atom is 0.241 e. The second kappa shape index (κ2) is 6.43. The third-order valence-electron chi connectivity index (χ3n) is 3.71. The molecule has 1 saturated carbocycles. The predicted octanol–water partition coefficient (Wildman–Crippen LogP) is 3.14. The van der Waals surface area contributed by atoms with Gasteiger partial charge < -0.3 is 5.32 Å². The van der Waals surface area contributed by atoms with Gasteiger partial charge in [0.15, 0.2) is 0 Å². The lowest BCUT2D eigenvalue weighted by atomic mass is 10.2. The molecule has 2 N–H and O–H groups in total. The summed E-state index contributed by atoms with van der Waals surface area (Å²) in [6.07, 6.45) is 2.10. The Morgan fingerprint density at radius 3 is 2.43 bits per heavy atom. The number of sulfonamides is 1. The Balaban J connectivity index is 1.79. The molecule has 1 aliphatic carbocycles. The number of rotatable bonds is 6. The number of amides is 1. The van der Waals surface area contributed by atoms with Crippen LogP contribution in [-0.4, -0.2) is 14.3 Å². The van der Waals surface area contributed by atoms with Gasteiger partial charge in [0.25, 0.3) is 0 Å². The van der Waals surface area contributed by atoms with Gasteiger partial charge in [-0.2, -0.15) is 0 Å². The van der Waals surface area contributed by atoms with Crippen molar-refractivity contribution in [3.8, 4) is 0 Å². The SMILES string of the molecule is CC(=O)Nc1ccc(S(=O)(=O)NC(c2cccs2)C2CC2)cc1. The molecule has 0 bridgehead atoms. The highest BCUT2D eigenvalue weighted by atomic mass is 32.2. The smallest absolute Gasteiger partial charge is 0.241 e. The van der Waals surface area contributed by atoms with Gasteiger partial charge in [0.1, 0.15) is 0 Å². The average Bonchev–Trinajstić information content (AvgIpc) is 3.19. The molecule has 1 fully saturated rings. The van der Waals surface area contributed by atoms with E-state index in [1.807, 2.05) is 17.5 Å². The van der Waals surface area contributed by atoms with Crippen molar-refractivity contribution in [2.75, 3.05) is 5.32 Å². The first-order valence-electron chi connectivity index (χ1n) is 7.39. The molecule has 7 heteroatoms. The van der Waals surface area contributed by atoms with Crippen LogP contribution in [-0.2, 0) is 14.8 Å². The van der Waals surface area contributed by atoms with Gasteiger partial charge in [-0.05, 0) is 54.5 Å². The lowest BCUT2D eigenvalue weighted by Crippen LogP contribution is -2.29. The second-order valence-corrected chi connectivity index (χ2v) is 8.35. The van der Waals surface area contributed by atoms with Crippen LogP contribution in [0, 0.1) is 5.92 Å². The molecule has 1 aliphatic rings. The van der Waals surface area contributed by atoms with Crippen molar-refractivity contribution in [3.05, 3.63) is 46.7 Å². The van der Waals surface area contributed by atoms with Crippen LogP contribution in [0.1, 0.15) is 30.7 Å². The minimum atomic E-state index is -3.59. The van der Waals surface area contributed by atoms with Crippen molar-refractivity contribution in [1.29, 1.82) is 0 Å². The minimum Gasteiger partial charge on any atom is -0.326 e. The van der Waals surface area contributed by atoms with Gasteiger partial charge in [-0.25, -0.2) is 13.1 Å². The number of anilines is 1. The van der Waals surface area contributed by atoms with Gasteiger partial charge in [-0.15, -0.1) is 11.3 Å². The summed E-state index contributed by atoms with van der Waals surface area (Å²) in [5, 5.41) is 4.58. The van der Waals surface area contributed by atoms with E-state index in [0.29, 0.717) is 11.6 Å². The fourth-order valence-electron chi connectivity index (χ4n) is 2.44. The van der Waals surface area contributed by atoms with Crippen LogP contribution in [0.4, 0.5) is 5.69 Å². The first-order valence-corrected chi connectivity index (χ1v) is 9.75. The molecular weight excluding hydrogens is 332 g/mol. The fourth-order valence-corrected chi connectivity index (χ4v) is 4.67. The molecule has 1 aromatic heterocycles. The van der Waals surface area contributed by atoms with Crippen LogP contribution >= 0.6 is 11.3 Å². The summed E-state index contributed by atoms with van der Waals surface area (Å²) >= 11 is 1.57. The normalized spacial score (nSPS) is 16.0. The molecule has 3 rings (SSSR count). The topological polar surface area (TPSA) is 75.3 Å². The first kappa shape index (κ1) is 16.2. The summed E-state index contributed by atoms with van der Waals surface area (Å²) in [5.74, 6) is 0.187. The molecule has 2 aromatic rings. The van der Waals surface area contributed by atoms with E-state index < -0.39 is 10.0 Å². The number of hydrogen-bond donors (Lipinski definition) is 2. The van der Waals surface area contributed by atoms with Gasteiger partial charge >= 0.3 is 0 Å². The lowest BCUT2D eigenvalue weighted by molar-refractivity contribution is -0.114. The minimum absolute atomic E-state index is 0.157. The standard InChI is InChI=1S/C16H18N2O3S2/c1-11(19)17-13-6-8-14(9-7-13)23(20,21)18-16(12-4-5-12)15-3-2-10-22-15/h2-3,6-10,12,16,18H,4-5H2,1H3,(H,17,19). The summed E-state index contributed by atoms with van der Waals surface area (Å²) < 4.78 is 28.0. The van der Waals surface area contributed by atoms with Crippen LogP contribution in [0.2, 0.25) is 0 Å². The lowest BCUT2D eigenvalue weighted by Gasteiger charge is -2.17. The molecule has 1 heterocycles. The Bertz CT molecular complexity index is 779. The Morgan fingerprint density at radius 2 is 1.91 bits per heavy atom. The van der Waals surface area contributed by atoms with Crippen molar-refractivity contribution in [3.63, 3.8) is 0 Å². The highest BCUT2D eigenvalue weighted by Gasteiger charge is 2.35. The first-order chi connectivity index (χ1) is 11.0. The van der Waals surface area contributed by atoms with Gasteiger partial charge in [0, 0.05) is 17.5 Å². The highest BCUT2D eigenvalue weighted by molar-refractivity contribution is 7.89. The maximum atomic E-state index is 12.6. The number of benzene rings is 1. The van der Waals surface area contributed by atoms with E-state index in [9.17, 15) is 13.2 Å². The number of hydrogen-bond acceptors (Lipinski definition) is 4. The molecule has 0 saturated heterocycles. The van der Waals surface area contributed by atoms with Crippen molar-refractivity contribution in [2.24, 2.45) is 5.92 Å². The molecule has 5 nitrogen and oxygen atoms in total. The van der Waals surface area contributed by atoms with E-state index in [2.05, 4.69) is 10.0 Å². The molecule has 1 aromatic carbocycles. The second-order valence-electron chi connectivity index (χ2n) is 5.66. The van der Waals surface area contributed by atoms with E-state index in [-0.39, 0.29) is 16.8 Å². The number of nitrogens with one attached hydrogen (secondary N) is 2. The Labute approximate surface area is 139 Å². The molecule has 0 radical (unpaired) electrons. The van der Waals surface area contributed by atoms with Crippen molar-refractivity contribution in [2.45, 2.75) is 30.7 Å². The van der Waals surface area contributed by atoms with Crippen LogP contribution in [0.25, 0.3) is 0 Å². The van der Waals surface area contributed by atoms with Crippen molar-refractivity contribution in [1.82, 2.24) is 4.72 Å². The zero-order chi connectivity index (χ0) is 16.4. The van der Waals surface area contributed by atoms with E-state index >= 15 is 0 Å². The largest absolute Gasteiger partial charge is 0.326 e. The number of carbonyl (C=O) groups excluding carboxylic acids is 1. The Morgan fingerprint density at radius 1 is 1.22 bits per heavy atom. The predicted molar refractivity (Wildman–Crippen MR) is 90.9 cm³/mol. The van der Waals surface area contributed by atoms with Crippen molar-refractivity contribution >= 4 is 33.0 Å². The molecule has 1 unspecified atom stereocenters. The van der Waals surface area contributed by atoms with Gasteiger partial charge in [0.05, 0.1) is 10.9 Å². The highest BCUT2D eigenvalue weighted by Crippen LogP contribution is 2.43. The van der Waals surface area contributed by atoms with E-state index in [0.717, 1.165) is 17.7 Å². The summed E-state index contributed by atoms with van der Waals surface area (Å²) in [7, 11) is -3.59. The van der Waals surface area contributed by atoms with Crippen LogP contribution in [0.3, 0.4) is 0 Å². The maximum absolute atomic E-state index is 12.6. The zero-order valence-corrected chi connectivity index (χ0v) is 14.3. The summed E-state index contributed by atoms with van der Waals surface area (Å²) in [5.41, 5.74) is 0.577. The Hall–Kier alpha value is -1.70. The summed E-state index contributed by atoms with van der Waals surface area (Å²) in [6, 6.07) is 9.94. The van der Waals surface area contributed by atoms with E-state index in [1.165, 1.54) is 19.1 Å². The van der Waals surface area contributed by atoms with Gasteiger partial charge in [-0.1, -0.05) is 6.07 Å². The molecule has 0 aliphatic heterocycles. The zero-order valence-electron chi connectivity index (χ0n) is 12.7. The van der Waals surface area contributed by atoms with Crippen LogP contribution < -0.4 is 10.0 Å². The molecule has 1 amide bonds. The molecule has 0 spiro atoms. The summed E-state index contributed by atoms with van der Waals surface area (Å²) in [6.45, 7) is 1.41. The Kier molecular flexibility index (Phi) is 4.52. The molecule has 23 heavy (non-hydrogen) atoms. The quantitative estimate of drug-likeness (QED) is 0.840. The molecule has 122 valence electrons. The average molecular weight is 350 g/mol. The van der Waals surface area contributed by atoms with E-state index in [4.69, 9.17) is 0 Å². The third kappa shape index (κ3) is 3.99. The molecule has 1 atom stereocenters. The monoisotopic (exact) mass is 350 g/mol. The third-order valence-corrected chi connectivity index (χ3v) is 6.12.